The molecule has 0 bridgehead atoms. The fourth-order valence-corrected chi connectivity index (χ4v) is 3.48. The zero-order chi connectivity index (χ0) is 13.9. The highest BCUT2D eigenvalue weighted by Crippen LogP contribution is 2.28. The predicted molar refractivity (Wildman–Crippen MR) is 78.3 cm³/mol. The van der Waals surface area contributed by atoms with Crippen molar-refractivity contribution in [2.24, 2.45) is 0 Å². The average Bonchev–Trinajstić information content (AvgIpc) is 2.89. The summed E-state index contributed by atoms with van der Waals surface area (Å²) in [4.78, 5) is 5.57. The third kappa shape index (κ3) is 3.33. The molecular weight excluding hydrogens is 280 g/mol. The van der Waals surface area contributed by atoms with Gasteiger partial charge in [0.15, 0.2) is 9.84 Å². The summed E-state index contributed by atoms with van der Waals surface area (Å²) in [6.45, 7) is 2.06. The Morgan fingerprint density at radius 2 is 2.16 bits per heavy atom. The van der Waals surface area contributed by atoms with Gasteiger partial charge in [0, 0.05) is 17.3 Å². The number of hydrogen-bond acceptors (Lipinski definition) is 5. The zero-order valence-corrected chi connectivity index (χ0v) is 12.5. The van der Waals surface area contributed by atoms with Crippen molar-refractivity contribution in [1.82, 2.24) is 4.98 Å². The average molecular weight is 296 g/mol. The number of thiophene rings is 1. The fraction of sp³-hybridized carbons (Fsp3) is 0.308. The van der Waals surface area contributed by atoms with E-state index < -0.39 is 9.84 Å². The van der Waals surface area contributed by atoms with Crippen LogP contribution in [0, 0.1) is 0 Å². The number of sulfone groups is 1. The summed E-state index contributed by atoms with van der Waals surface area (Å²) in [5, 5.41) is 5.24. The standard InChI is InChI=1S/C13H16N2O2S2/c1-3-10(11-6-5-9-18-11)15-13-12(19(2,16)17)7-4-8-14-13/h4-10H,3H2,1-2H3,(H,14,15). The van der Waals surface area contributed by atoms with E-state index in [0.29, 0.717) is 5.82 Å². The summed E-state index contributed by atoms with van der Waals surface area (Å²) in [6, 6.07) is 7.31. The fourth-order valence-electron chi connectivity index (χ4n) is 1.83. The van der Waals surface area contributed by atoms with Crippen LogP contribution in [0.2, 0.25) is 0 Å². The Labute approximate surface area is 117 Å². The second-order valence-corrected chi connectivity index (χ2v) is 7.21. The number of rotatable bonds is 5. The number of aromatic nitrogens is 1. The minimum atomic E-state index is -3.28. The van der Waals surface area contributed by atoms with E-state index in [-0.39, 0.29) is 10.9 Å². The van der Waals surface area contributed by atoms with Crippen LogP contribution in [-0.4, -0.2) is 19.7 Å². The summed E-state index contributed by atoms with van der Waals surface area (Å²) in [7, 11) is -3.28. The topological polar surface area (TPSA) is 59.1 Å². The lowest BCUT2D eigenvalue weighted by Gasteiger charge is -2.17. The van der Waals surface area contributed by atoms with Gasteiger partial charge in [-0.25, -0.2) is 13.4 Å². The Morgan fingerprint density at radius 1 is 1.37 bits per heavy atom. The Hall–Kier alpha value is -1.40. The molecular formula is C13H16N2O2S2. The lowest BCUT2D eigenvalue weighted by atomic mass is 10.2. The van der Waals surface area contributed by atoms with E-state index in [0.717, 1.165) is 6.42 Å². The van der Waals surface area contributed by atoms with E-state index in [4.69, 9.17) is 0 Å². The molecule has 0 aliphatic rings. The smallest absolute Gasteiger partial charge is 0.179 e. The van der Waals surface area contributed by atoms with Gasteiger partial charge in [0.1, 0.15) is 10.7 Å². The minimum Gasteiger partial charge on any atom is -0.361 e. The van der Waals surface area contributed by atoms with Crippen LogP contribution in [0.25, 0.3) is 0 Å². The first-order chi connectivity index (χ1) is 9.02. The van der Waals surface area contributed by atoms with Gasteiger partial charge in [-0.1, -0.05) is 13.0 Å². The summed E-state index contributed by atoms with van der Waals surface area (Å²) < 4.78 is 23.5. The van der Waals surface area contributed by atoms with Gasteiger partial charge < -0.3 is 5.32 Å². The molecule has 0 aliphatic carbocycles. The van der Waals surface area contributed by atoms with Crippen LogP contribution in [0.3, 0.4) is 0 Å². The van der Waals surface area contributed by atoms with Crippen molar-refractivity contribution in [3.8, 4) is 0 Å². The first-order valence-corrected chi connectivity index (χ1v) is 8.74. The Kier molecular flexibility index (Phi) is 4.21. The molecule has 1 unspecified atom stereocenters. The van der Waals surface area contributed by atoms with Crippen LogP contribution in [0.5, 0.6) is 0 Å². The van der Waals surface area contributed by atoms with Gasteiger partial charge in [0.2, 0.25) is 0 Å². The van der Waals surface area contributed by atoms with Crippen LogP contribution in [0.1, 0.15) is 24.3 Å². The zero-order valence-electron chi connectivity index (χ0n) is 10.8. The second kappa shape index (κ2) is 5.71. The van der Waals surface area contributed by atoms with E-state index >= 15 is 0 Å². The van der Waals surface area contributed by atoms with Gasteiger partial charge in [-0.2, -0.15) is 0 Å². The van der Waals surface area contributed by atoms with E-state index in [1.807, 2.05) is 17.5 Å². The highest BCUT2D eigenvalue weighted by molar-refractivity contribution is 7.90. The van der Waals surface area contributed by atoms with Gasteiger partial charge in [0.05, 0.1) is 6.04 Å². The first-order valence-electron chi connectivity index (χ1n) is 5.97. The molecule has 1 atom stereocenters. The maximum atomic E-state index is 11.7. The van der Waals surface area contributed by atoms with Crippen molar-refractivity contribution in [3.63, 3.8) is 0 Å². The van der Waals surface area contributed by atoms with Crippen molar-refractivity contribution in [2.45, 2.75) is 24.3 Å². The van der Waals surface area contributed by atoms with Crippen molar-refractivity contribution < 1.29 is 8.42 Å². The first kappa shape index (κ1) is 14.0. The van der Waals surface area contributed by atoms with Gasteiger partial charge in [-0.15, -0.1) is 11.3 Å². The lowest BCUT2D eigenvalue weighted by Crippen LogP contribution is -2.12. The highest BCUT2D eigenvalue weighted by Gasteiger charge is 2.17. The molecule has 4 nitrogen and oxygen atoms in total. The molecule has 0 aliphatic heterocycles. The normalized spacial score (nSPS) is 13.2. The van der Waals surface area contributed by atoms with Crippen LogP contribution >= 0.6 is 11.3 Å². The minimum absolute atomic E-state index is 0.0791. The van der Waals surface area contributed by atoms with Crippen LogP contribution in [0.15, 0.2) is 40.7 Å². The highest BCUT2D eigenvalue weighted by atomic mass is 32.2. The summed E-state index contributed by atoms with van der Waals surface area (Å²) >= 11 is 1.65. The molecule has 0 saturated heterocycles. The van der Waals surface area contributed by atoms with Gasteiger partial charge in [-0.05, 0) is 30.0 Å². The molecule has 0 amide bonds. The van der Waals surface area contributed by atoms with Gasteiger partial charge in [-0.3, -0.25) is 0 Å². The monoisotopic (exact) mass is 296 g/mol. The van der Waals surface area contributed by atoms with Crippen molar-refractivity contribution in [2.75, 3.05) is 11.6 Å². The number of nitrogens with one attached hydrogen (secondary N) is 1. The Bertz CT molecular complexity index is 636. The number of anilines is 1. The molecule has 2 aromatic rings. The Morgan fingerprint density at radius 3 is 2.74 bits per heavy atom. The number of pyridine rings is 1. The third-order valence-corrected chi connectivity index (χ3v) is 4.89. The Balaban J connectivity index is 2.33. The maximum Gasteiger partial charge on any atom is 0.179 e. The van der Waals surface area contributed by atoms with Crippen LogP contribution < -0.4 is 5.32 Å². The number of hydrogen-bond donors (Lipinski definition) is 1. The molecule has 6 heteroatoms. The third-order valence-electron chi connectivity index (χ3n) is 2.78. The predicted octanol–water partition coefficient (Wildman–Crippen LogP) is 3.11. The summed E-state index contributed by atoms with van der Waals surface area (Å²) in [6.07, 6.45) is 3.65. The summed E-state index contributed by atoms with van der Waals surface area (Å²) in [5.41, 5.74) is 0. The molecule has 2 rings (SSSR count). The van der Waals surface area contributed by atoms with Crippen LogP contribution in [-0.2, 0) is 9.84 Å². The number of nitrogens with zero attached hydrogens (tertiary/aromatic N) is 1. The summed E-state index contributed by atoms with van der Waals surface area (Å²) in [5.74, 6) is 0.422. The molecule has 0 radical (unpaired) electrons. The van der Waals surface area contributed by atoms with E-state index in [2.05, 4.69) is 17.2 Å². The quantitative estimate of drug-likeness (QED) is 0.921. The SMILES string of the molecule is CCC(Nc1ncccc1S(C)(=O)=O)c1cccs1. The van der Waals surface area contributed by atoms with Crippen molar-refractivity contribution >= 4 is 27.0 Å². The van der Waals surface area contributed by atoms with Crippen molar-refractivity contribution in [1.29, 1.82) is 0 Å². The molecule has 0 fully saturated rings. The van der Waals surface area contributed by atoms with Crippen LogP contribution in [0.4, 0.5) is 5.82 Å². The maximum absolute atomic E-state index is 11.7. The van der Waals surface area contributed by atoms with Crippen molar-refractivity contribution in [3.05, 3.63) is 40.7 Å². The molecule has 2 aromatic heterocycles. The molecule has 2 heterocycles. The lowest BCUT2D eigenvalue weighted by molar-refractivity contribution is 0.601. The molecule has 0 saturated carbocycles. The molecule has 1 N–H and O–H groups in total. The molecule has 19 heavy (non-hydrogen) atoms. The largest absolute Gasteiger partial charge is 0.361 e. The van der Waals surface area contributed by atoms with Gasteiger partial charge >= 0.3 is 0 Å². The molecule has 0 aromatic carbocycles. The van der Waals surface area contributed by atoms with E-state index in [1.165, 1.54) is 11.1 Å². The molecule has 102 valence electrons. The van der Waals surface area contributed by atoms with E-state index in [9.17, 15) is 8.42 Å². The second-order valence-electron chi connectivity index (χ2n) is 4.24. The van der Waals surface area contributed by atoms with Gasteiger partial charge in [0.25, 0.3) is 0 Å². The van der Waals surface area contributed by atoms with E-state index in [1.54, 1.807) is 29.7 Å². The molecule has 0 spiro atoms.